The third-order valence-electron chi connectivity index (χ3n) is 8.61. The summed E-state index contributed by atoms with van der Waals surface area (Å²) >= 11 is 0. The number of amides is 2. The first-order chi connectivity index (χ1) is 19.4. The molecule has 0 aromatic carbocycles. The van der Waals surface area contributed by atoms with Gasteiger partial charge in [0.2, 0.25) is 0 Å². The van der Waals surface area contributed by atoms with Crippen molar-refractivity contribution < 1.29 is 19.1 Å². The maximum absolute atomic E-state index is 13.2. The third-order valence-corrected chi connectivity index (χ3v) is 8.61. The number of carbonyl (C=O) groups is 2. The van der Waals surface area contributed by atoms with Gasteiger partial charge < -0.3 is 19.3 Å². The summed E-state index contributed by atoms with van der Waals surface area (Å²) in [5, 5.41) is 0. The maximum Gasteiger partial charge on any atom is 0.251 e. The lowest BCUT2D eigenvalue weighted by Gasteiger charge is -2.36. The second-order valence-corrected chi connectivity index (χ2v) is 12.3. The van der Waals surface area contributed by atoms with Crippen molar-refractivity contribution in [3.63, 3.8) is 0 Å². The normalized spacial score (nSPS) is 19.1. The Bertz CT molecular complexity index is 579. The Kier molecular flexibility index (Phi) is 22.6. The van der Waals surface area contributed by atoms with Crippen LogP contribution < -0.4 is 0 Å². The van der Waals surface area contributed by atoms with Crippen LogP contribution in [0.3, 0.4) is 0 Å². The predicted octanol–water partition coefficient (Wildman–Crippen LogP) is 8.31. The Morgan fingerprint density at radius 1 is 0.575 bits per heavy atom. The number of hydrogen-bond donors (Lipinski definition) is 0. The molecule has 0 aliphatic carbocycles. The number of carbonyl (C=O) groups excluding carboxylic acids is 2. The van der Waals surface area contributed by atoms with Crippen molar-refractivity contribution in [2.24, 2.45) is 0 Å². The first-order valence-corrected chi connectivity index (χ1v) is 17.1. The molecule has 1 rings (SSSR count). The van der Waals surface area contributed by atoms with Gasteiger partial charge >= 0.3 is 0 Å². The number of ether oxygens (including phenoxy) is 2. The number of hydrogen-bond acceptors (Lipinski definition) is 4. The zero-order chi connectivity index (χ0) is 29.4. The standard InChI is InChI=1S/C34H66N2O4/c1-6-8-10-12-14-16-18-20-22-24-26-35(3)33(37)31-28-30(39-5)29-32(40-31)34(38)36(4)27-25-23-21-19-17-15-13-11-9-7-2/h30-32H,6-29H2,1-5H3. The van der Waals surface area contributed by atoms with Gasteiger partial charge in [0.25, 0.3) is 11.8 Å². The molecule has 1 saturated heterocycles. The van der Waals surface area contributed by atoms with E-state index < -0.39 is 12.2 Å². The van der Waals surface area contributed by atoms with Gasteiger partial charge in [-0.2, -0.15) is 0 Å². The van der Waals surface area contributed by atoms with Gasteiger partial charge in [0.1, 0.15) is 12.2 Å². The fourth-order valence-electron chi connectivity index (χ4n) is 5.78. The molecule has 0 saturated carbocycles. The predicted molar refractivity (Wildman–Crippen MR) is 168 cm³/mol. The van der Waals surface area contributed by atoms with Gasteiger partial charge in [0.05, 0.1) is 6.10 Å². The molecule has 1 heterocycles. The van der Waals surface area contributed by atoms with Crippen molar-refractivity contribution >= 4 is 11.8 Å². The molecule has 2 atom stereocenters. The summed E-state index contributed by atoms with van der Waals surface area (Å²) in [6.45, 7) is 6.00. The third kappa shape index (κ3) is 17.0. The highest BCUT2D eigenvalue weighted by atomic mass is 16.5. The van der Waals surface area contributed by atoms with E-state index in [1.54, 1.807) is 16.9 Å². The highest BCUT2D eigenvalue weighted by molar-refractivity contribution is 5.84. The molecule has 6 nitrogen and oxygen atoms in total. The van der Waals surface area contributed by atoms with Crippen molar-refractivity contribution in [3.05, 3.63) is 0 Å². The second kappa shape index (κ2) is 24.5. The molecule has 6 heteroatoms. The monoisotopic (exact) mass is 567 g/mol. The van der Waals surface area contributed by atoms with E-state index in [4.69, 9.17) is 9.47 Å². The van der Waals surface area contributed by atoms with Gasteiger partial charge in [-0.05, 0) is 12.8 Å². The van der Waals surface area contributed by atoms with E-state index in [1.165, 1.54) is 103 Å². The molecule has 0 bridgehead atoms. The molecule has 0 N–H and O–H groups in total. The highest BCUT2D eigenvalue weighted by Crippen LogP contribution is 2.25. The maximum atomic E-state index is 13.2. The highest BCUT2D eigenvalue weighted by Gasteiger charge is 2.39. The van der Waals surface area contributed by atoms with E-state index in [2.05, 4.69) is 13.8 Å². The van der Waals surface area contributed by atoms with E-state index in [9.17, 15) is 9.59 Å². The largest absolute Gasteiger partial charge is 0.381 e. The summed E-state index contributed by atoms with van der Waals surface area (Å²) in [5.74, 6) is -0.0411. The van der Waals surface area contributed by atoms with Crippen LogP contribution in [0, 0.1) is 0 Å². The quantitative estimate of drug-likeness (QED) is 0.104. The lowest BCUT2D eigenvalue weighted by atomic mass is 9.98. The van der Waals surface area contributed by atoms with Gasteiger partial charge in [-0.3, -0.25) is 9.59 Å². The zero-order valence-electron chi connectivity index (χ0n) is 27.2. The summed E-state index contributed by atoms with van der Waals surface area (Å²) in [6.07, 6.45) is 25.3. The van der Waals surface area contributed by atoms with Crippen LogP contribution >= 0.6 is 0 Å². The Balaban J connectivity index is 2.29. The number of unbranched alkanes of at least 4 members (excludes halogenated alkanes) is 18. The fourth-order valence-corrected chi connectivity index (χ4v) is 5.78. The van der Waals surface area contributed by atoms with Crippen LogP contribution in [-0.2, 0) is 19.1 Å². The smallest absolute Gasteiger partial charge is 0.251 e. The fraction of sp³-hybridized carbons (Fsp3) is 0.941. The van der Waals surface area contributed by atoms with E-state index in [1.807, 2.05) is 14.1 Å². The Hall–Kier alpha value is -1.14. The second-order valence-electron chi connectivity index (χ2n) is 12.3. The minimum Gasteiger partial charge on any atom is -0.381 e. The van der Waals surface area contributed by atoms with Crippen LogP contribution in [-0.4, -0.2) is 74.2 Å². The summed E-state index contributed by atoms with van der Waals surface area (Å²) in [5.41, 5.74) is 0. The number of rotatable bonds is 25. The van der Waals surface area contributed by atoms with Gasteiger partial charge in [0, 0.05) is 47.1 Å². The number of nitrogens with zero attached hydrogens (tertiary/aromatic N) is 2. The molecule has 0 aromatic rings. The van der Waals surface area contributed by atoms with Crippen molar-refractivity contribution in [2.75, 3.05) is 34.3 Å². The van der Waals surface area contributed by atoms with Crippen molar-refractivity contribution in [1.82, 2.24) is 9.80 Å². The first kappa shape index (κ1) is 36.9. The summed E-state index contributed by atoms with van der Waals surface area (Å²) in [7, 11) is 5.40. The molecule has 1 aliphatic heterocycles. The Morgan fingerprint density at radius 3 is 1.18 bits per heavy atom. The van der Waals surface area contributed by atoms with E-state index in [0.29, 0.717) is 12.8 Å². The molecule has 0 radical (unpaired) electrons. The first-order valence-electron chi connectivity index (χ1n) is 17.1. The molecule has 1 fully saturated rings. The minimum atomic E-state index is -0.605. The van der Waals surface area contributed by atoms with Crippen LogP contribution in [0.15, 0.2) is 0 Å². The van der Waals surface area contributed by atoms with Gasteiger partial charge in [-0.15, -0.1) is 0 Å². The molecule has 40 heavy (non-hydrogen) atoms. The van der Waals surface area contributed by atoms with Gasteiger partial charge in [-0.1, -0.05) is 129 Å². The topological polar surface area (TPSA) is 59.1 Å². The average molecular weight is 567 g/mol. The van der Waals surface area contributed by atoms with Crippen molar-refractivity contribution in [2.45, 2.75) is 173 Å². The zero-order valence-corrected chi connectivity index (χ0v) is 27.2. The molecular weight excluding hydrogens is 500 g/mol. The lowest BCUT2D eigenvalue weighted by molar-refractivity contribution is -0.171. The number of likely N-dealkylation sites (N-methyl/N-ethyl adjacent to an activating group) is 2. The lowest BCUT2D eigenvalue weighted by Crippen LogP contribution is -2.51. The Labute approximate surface area is 248 Å². The molecule has 1 aliphatic rings. The molecule has 2 amide bonds. The Morgan fingerprint density at radius 2 is 0.875 bits per heavy atom. The molecule has 0 spiro atoms. The van der Waals surface area contributed by atoms with Crippen LogP contribution in [0.1, 0.15) is 155 Å². The van der Waals surface area contributed by atoms with Gasteiger partial charge in [-0.25, -0.2) is 0 Å². The summed E-state index contributed by atoms with van der Waals surface area (Å²) in [4.78, 5) is 29.9. The summed E-state index contributed by atoms with van der Waals surface area (Å²) in [6, 6.07) is 0. The van der Waals surface area contributed by atoms with Crippen molar-refractivity contribution in [1.29, 1.82) is 0 Å². The van der Waals surface area contributed by atoms with Crippen LogP contribution in [0.25, 0.3) is 0 Å². The van der Waals surface area contributed by atoms with Crippen molar-refractivity contribution in [3.8, 4) is 0 Å². The van der Waals surface area contributed by atoms with Gasteiger partial charge in [0.15, 0.2) is 0 Å². The number of methoxy groups -OCH3 is 1. The SMILES string of the molecule is CCCCCCCCCCCCN(C)C(=O)C1CC(OC)CC(C(=O)N(C)CCCCCCCCCCCC)O1. The van der Waals surface area contributed by atoms with Crippen LogP contribution in [0.5, 0.6) is 0 Å². The van der Waals surface area contributed by atoms with E-state index in [0.717, 1.165) is 38.8 Å². The average Bonchev–Trinajstić information content (AvgIpc) is 2.97. The minimum absolute atomic E-state index is 0.0205. The molecule has 2 unspecified atom stereocenters. The van der Waals surface area contributed by atoms with E-state index in [-0.39, 0.29) is 17.9 Å². The molecule has 0 aromatic heterocycles. The van der Waals surface area contributed by atoms with E-state index >= 15 is 0 Å². The van der Waals surface area contributed by atoms with Crippen LogP contribution in [0.2, 0.25) is 0 Å². The molecule has 236 valence electrons. The molecular formula is C34H66N2O4. The summed E-state index contributed by atoms with van der Waals surface area (Å²) < 4.78 is 11.7. The van der Waals surface area contributed by atoms with Crippen LogP contribution in [0.4, 0.5) is 0 Å².